The molecule has 0 bridgehead atoms. The lowest BCUT2D eigenvalue weighted by molar-refractivity contribution is -0.140. The van der Waals surface area contributed by atoms with Gasteiger partial charge in [-0.2, -0.15) is 0 Å². The molecular weight excluding hydrogens is 528 g/mol. The molecule has 0 spiro atoms. The summed E-state index contributed by atoms with van der Waals surface area (Å²) >= 11 is 0. The number of carbonyl (C=O) groups is 2. The second-order valence-corrected chi connectivity index (χ2v) is 10.6. The van der Waals surface area contributed by atoms with Gasteiger partial charge in [-0.05, 0) is 73.1 Å². The maximum atomic E-state index is 14.1. The van der Waals surface area contributed by atoms with Crippen LogP contribution < -0.4 is 19.5 Å². The number of hydrogen-bond donors (Lipinski definition) is 1. The number of carbonyl (C=O) groups excluding carboxylic acids is 2. The van der Waals surface area contributed by atoms with Crippen molar-refractivity contribution in [2.24, 2.45) is 0 Å². The highest BCUT2D eigenvalue weighted by Crippen LogP contribution is 2.28. The van der Waals surface area contributed by atoms with Gasteiger partial charge in [0.2, 0.25) is 11.8 Å². The summed E-state index contributed by atoms with van der Waals surface area (Å²) in [5.74, 6) is 1.59. The van der Waals surface area contributed by atoms with Crippen LogP contribution in [-0.4, -0.2) is 50.6 Å². The molecule has 7 heteroatoms. The van der Waals surface area contributed by atoms with E-state index >= 15 is 0 Å². The highest BCUT2D eigenvalue weighted by Gasteiger charge is 2.30. The van der Waals surface area contributed by atoms with Crippen LogP contribution >= 0.6 is 0 Å². The van der Waals surface area contributed by atoms with Crippen LogP contribution in [0.1, 0.15) is 48.8 Å². The normalized spacial score (nSPS) is 13.5. The molecule has 1 aliphatic carbocycles. The molecule has 0 aliphatic heterocycles. The Labute approximate surface area is 249 Å². The maximum absolute atomic E-state index is 14.1. The average molecular weight is 571 g/mol. The topological polar surface area (TPSA) is 77.1 Å². The third-order valence-electron chi connectivity index (χ3n) is 7.72. The number of amides is 2. The summed E-state index contributed by atoms with van der Waals surface area (Å²) in [6.07, 6.45) is 8.30. The molecule has 0 saturated carbocycles. The molecule has 0 aromatic heterocycles. The SMILES string of the molecule is COc1ccc(CN(C(=O)Cc2ccc(OC)c(OC)c2)[C@@H](Cc2ccccc2)C(=O)NCCC2=CCCCC2)cc1. The van der Waals surface area contributed by atoms with E-state index in [1.54, 1.807) is 32.3 Å². The van der Waals surface area contributed by atoms with Gasteiger partial charge < -0.3 is 24.4 Å². The molecule has 3 aromatic carbocycles. The van der Waals surface area contributed by atoms with Crippen LogP contribution in [0.25, 0.3) is 0 Å². The van der Waals surface area contributed by atoms with Crippen molar-refractivity contribution in [1.82, 2.24) is 10.2 Å². The van der Waals surface area contributed by atoms with Crippen molar-refractivity contribution in [3.63, 3.8) is 0 Å². The summed E-state index contributed by atoms with van der Waals surface area (Å²) in [5.41, 5.74) is 4.09. The van der Waals surface area contributed by atoms with E-state index in [2.05, 4.69) is 11.4 Å². The quantitative estimate of drug-likeness (QED) is 0.244. The number of rotatable bonds is 14. The van der Waals surface area contributed by atoms with Gasteiger partial charge in [-0.25, -0.2) is 0 Å². The van der Waals surface area contributed by atoms with Crippen molar-refractivity contribution < 1.29 is 23.8 Å². The van der Waals surface area contributed by atoms with Crippen molar-refractivity contribution in [1.29, 1.82) is 0 Å². The molecule has 3 aromatic rings. The van der Waals surface area contributed by atoms with Crippen LogP contribution in [0.2, 0.25) is 0 Å². The smallest absolute Gasteiger partial charge is 0.243 e. The van der Waals surface area contributed by atoms with Gasteiger partial charge in [0.15, 0.2) is 11.5 Å². The Balaban J connectivity index is 1.62. The molecule has 1 atom stereocenters. The second-order valence-electron chi connectivity index (χ2n) is 10.6. The average Bonchev–Trinajstić information content (AvgIpc) is 3.03. The minimum atomic E-state index is -0.692. The van der Waals surface area contributed by atoms with E-state index in [1.165, 1.54) is 18.4 Å². The highest BCUT2D eigenvalue weighted by atomic mass is 16.5. The van der Waals surface area contributed by atoms with E-state index in [9.17, 15) is 9.59 Å². The standard InChI is InChI=1S/C35H42N2O5/c1-40-30-17-14-28(15-18-30)25-37(34(38)24-29-16-19-32(41-2)33(23-29)42-3)31(22-27-12-8-5-9-13-27)35(39)36-21-20-26-10-6-4-7-11-26/h5,8-10,12-19,23,31H,4,6-7,11,20-22,24-25H2,1-3H3,(H,36,39)/t31-/m0/s1. The molecule has 4 rings (SSSR count). The predicted octanol–water partition coefficient (Wildman–Crippen LogP) is 5.90. The third-order valence-corrected chi connectivity index (χ3v) is 7.72. The summed E-state index contributed by atoms with van der Waals surface area (Å²) < 4.78 is 16.2. The first-order valence-electron chi connectivity index (χ1n) is 14.6. The Bertz CT molecular complexity index is 1340. The van der Waals surface area contributed by atoms with Crippen LogP contribution in [0.4, 0.5) is 0 Å². The summed E-state index contributed by atoms with van der Waals surface area (Å²) in [5, 5.41) is 3.16. The van der Waals surface area contributed by atoms with Gasteiger partial charge in [-0.15, -0.1) is 0 Å². The molecule has 0 fully saturated rings. The summed E-state index contributed by atoms with van der Waals surface area (Å²) in [6.45, 7) is 0.836. The molecule has 2 amide bonds. The minimum Gasteiger partial charge on any atom is -0.497 e. The lowest BCUT2D eigenvalue weighted by Crippen LogP contribution is -2.51. The molecule has 0 unspecified atom stereocenters. The van der Waals surface area contributed by atoms with Gasteiger partial charge in [0, 0.05) is 19.5 Å². The number of nitrogens with zero attached hydrogens (tertiary/aromatic N) is 1. The first-order chi connectivity index (χ1) is 20.5. The summed E-state index contributed by atoms with van der Waals surface area (Å²) in [7, 11) is 4.78. The fraction of sp³-hybridized carbons (Fsp3) is 0.371. The van der Waals surface area contributed by atoms with Gasteiger partial charge in [-0.1, -0.05) is 60.2 Å². The molecule has 1 aliphatic rings. The van der Waals surface area contributed by atoms with Gasteiger partial charge in [0.1, 0.15) is 11.8 Å². The van der Waals surface area contributed by atoms with Gasteiger partial charge in [0.25, 0.3) is 0 Å². The number of hydrogen-bond acceptors (Lipinski definition) is 5. The van der Waals surface area contributed by atoms with E-state index in [0.29, 0.717) is 24.5 Å². The number of nitrogens with one attached hydrogen (secondary N) is 1. The van der Waals surface area contributed by atoms with Gasteiger partial charge >= 0.3 is 0 Å². The zero-order valence-electron chi connectivity index (χ0n) is 24.9. The van der Waals surface area contributed by atoms with Crippen molar-refractivity contribution in [3.05, 3.63) is 101 Å². The number of allylic oxidation sites excluding steroid dienone is 1. The largest absolute Gasteiger partial charge is 0.497 e. The van der Waals surface area contributed by atoms with Crippen molar-refractivity contribution >= 4 is 11.8 Å². The molecule has 0 heterocycles. The molecule has 7 nitrogen and oxygen atoms in total. The summed E-state index contributed by atoms with van der Waals surface area (Å²) in [6, 6.07) is 22.2. The van der Waals surface area contributed by atoms with Crippen LogP contribution in [-0.2, 0) is 29.0 Å². The molecule has 42 heavy (non-hydrogen) atoms. The van der Waals surface area contributed by atoms with Crippen molar-refractivity contribution in [3.8, 4) is 17.2 Å². The molecule has 0 saturated heterocycles. The third kappa shape index (κ3) is 8.62. The van der Waals surface area contributed by atoms with Gasteiger partial charge in [0.05, 0.1) is 27.8 Å². The lowest BCUT2D eigenvalue weighted by Gasteiger charge is -2.32. The lowest BCUT2D eigenvalue weighted by atomic mass is 9.97. The van der Waals surface area contributed by atoms with Crippen molar-refractivity contribution in [2.75, 3.05) is 27.9 Å². The van der Waals surface area contributed by atoms with Crippen LogP contribution in [0.3, 0.4) is 0 Å². The first-order valence-corrected chi connectivity index (χ1v) is 14.6. The predicted molar refractivity (Wildman–Crippen MR) is 165 cm³/mol. The van der Waals surface area contributed by atoms with E-state index in [0.717, 1.165) is 41.7 Å². The Morgan fingerprint density at radius 1 is 0.833 bits per heavy atom. The Morgan fingerprint density at radius 2 is 1.57 bits per heavy atom. The van der Waals surface area contributed by atoms with E-state index in [4.69, 9.17) is 14.2 Å². The zero-order chi connectivity index (χ0) is 29.7. The summed E-state index contributed by atoms with van der Waals surface area (Å²) in [4.78, 5) is 29.7. The first kappa shape index (κ1) is 30.7. The van der Waals surface area contributed by atoms with Crippen LogP contribution in [0.15, 0.2) is 84.4 Å². The Kier molecular flexibility index (Phi) is 11.4. The highest BCUT2D eigenvalue weighted by molar-refractivity contribution is 5.89. The zero-order valence-corrected chi connectivity index (χ0v) is 24.9. The van der Waals surface area contributed by atoms with E-state index < -0.39 is 6.04 Å². The monoisotopic (exact) mass is 570 g/mol. The number of ether oxygens (including phenoxy) is 3. The van der Waals surface area contributed by atoms with Crippen LogP contribution in [0.5, 0.6) is 17.2 Å². The van der Waals surface area contributed by atoms with Crippen LogP contribution in [0, 0.1) is 0 Å². The number of benzene rings is 3. The number of methoxy groups -OCH3 is 3. The fourth-order valence-corrected chi connectivity index (χ4v) is 5.34. The van der Waals surface area contributed by atoms with Gasteiger partial charge in [-0.3, -0.25) is 9.59 Å². The fourth-order valence-electron chi connectivity index (χ4n) is 5.34. The molecule has 222 valence electrons. The minimum absolute atomic E-state index is 0.113. The maximum Gasteiger partial charge on any atom is 0.243 e. The van der Waals surface area contributed by atoms with Crippen molar-refractivity contribution in [2.45, 2.75) is 57.5 Å². The Hall–Kier alpha value is -4.26. The second kappa shape index (κ2) is 15.7. The molecule has 1 N–H and O–H groups in total. The molecular formula is C35H42N2O5. The Morgan fingerprint density at radius 3 is 2.24 bits per heavy atom. The van der Waals surface area contributed by atoms with E-state index in [-0.39, 0.29) is 24.8 Å². The molecule has 0 radical (unpaired) electrons. The van der Waals surface area contributed by atoms with E-state index in [1.807, 2.05) is 66.7 Å².